The van der Waals surface area contributed by atoms with Crippen molar-refractivity contribution < 1.29 is 24.4 Å². The molecule has 2 unspecified atom stereocenters. The normalized spacial score (nSPS) is 49.1. The molecule has 0 amide bonds. The van der Waals surface area contributed by atoms with Crippen LogP contribution in [0.5, 0.6) is 0 Å². The summed E-state index contributed by atoms with van der Waals surface area (Å²) in [5.74, 6) is -1.37. The Bertz CT molecular complexity index is 330. The van der Waals surface area contributed by atoms with Crippen LogP contribution >= 0.6 is 0 Å². The summed E-state index contributed by atoms with van der Waals surface area (Å²) in [5, 5.41) is 19.1. The molecule has 14 heavy (non-hydrogen) atoms. The maximum atomic E-state index is 9.94. The summed E-state index contributed by atoms with van der Waals surface area (Å²) in [5.41, 5.74) is -0.697. The molecule has 2 heterocycles. The van der Waals surface area contributed by atoms with Crippen molar-refractivity contribution in [3.05, 3.63) is 11.4 Å². The molecule has 74 valence electrons. The highest BCUT2D eigenvalue weighted by Crippen LogP contribution is 2.60. The SMILES string of the molecule is [B]C1=C2OCOC3(O)C[C@](CO)(O1)C23. The van der Waals surface area contributed by atoms with Crippen molar-refractivity contribution in [2.24, 2.45) is 5.92 Å². The van der Waals surface area contributed by atoms with Crippen molar-refractivity contribution in [2.45, 2.75) is 17.8 Å². The van der Waals surface area contributed by atoms with Crippen molar-refractivity contribution in [3.63, 3.8) is 0 Å². The van der Waals surface area contributed by atoms with E-state index in [2.05, 4.69) is 0 Å². The molecule has 2 aliphatic heterocycles. The van der Waals surface area contributed by atoms with E-state index >= 15 is 0 Å². The first-order valence-electron chi connectivity index (χ1n) is 4.40. The molecule has 0 aromatic rings. The number of rotatable bonds is 1. The van der Waals surface area contributed by atoms with Gasteiger partial charge in [0.1, 0.15) is 11.7 Å². The summed E-state index contributed by atoms with van der Waals surface area (Å²) in [7, 11) is 5.58. The van der Waals surface area contributed by atoms with E-state index in [1.807, 2.05) is 0 Å². The van der Waals surface area contributed by atoms with Gasteiger partial charge in [-0.3, -0.25) is 0 Å². The third-order valence-corrected chi connectivity index (χ3v) is 3.14. The molecule has 3 atom stereocenters. The summed E-state index contributed by atoms with van der Waals surface area (Å²) < 4.78 is 15.5. The van der Waals surface area contributed by atoms with Gasteiger partial charge in [0.25, 0.3) is 0 Å². The van der Waals surface area contributed by atoms with Crippen molar-refractivity contribution in [2.75, 3.05) is 13.4 Å². The standard InChI is InChI=1S/C8H9BO5/c9-6-4-5-7(2-10,14-6)1-8(5,11)13-3-12-4/h5,10-11H,1-3H2/t5?,7-,8?/m1/s1. The second kappa shape index (κ2) is 2.26. The first-order valence-corrected chi connectivity index (χ1v) is 4.40. The van der Waals surface area contributed by atoms with Crippen LogP contribution in [0.25, 0.3) is 0 Å². The van der Waals surface area contributed by atoms with Gasteiger partial charge >= 0.3 is 0 Å². The van der Waals surface area contributed by atoms with Crippen LogP contribution in [0.2, 0.25) is 0 Å². The Balaban J connectivity index is 2.03. The maximum absolute atomic E-state index is 9.94. The molecule has 0 aromatic carbocycles. The maximum Gasteiger partial charge on any atom is 0.191 e. The van der Waals surface area contributed by atoms with Crippen LogP contribution in [0, 0.1) is 5.92 Å². The Morgan fingerprint density at radius 3 is 3.07 bits per heavy atom. The van der Waals surface area contributed by atoms with E-state index in [4.69, 9.17) is 22.1 Å². The van der Waals surface area contributed by atoms with Gasteiger partial charge in [0.2, 0.25) is 0 Å². The minimum atomic E-state index is -1.28. The lowest BCUT2D eigenvalue weighted by Crippen LogP contribution is -2.69. The van der Waals surface area contributed by atoms with Gasteiger partial charge in [-0.25, -0.2) is 0 Å². The van der Waals surface area contributed by atoms with E-state index in [1.165, 1.54) is 0 Å². The van der Waals surface area contributed by atoms with Gasteiger partial charge in [0.15, 0.2) is 26.0 Å². The number of ether oxygens (including phenoxy) is 3. The number of aliphatic hydroxyl groups is 2. The molecule has 5 nitrogen and oxygen atoms in total. The molecule has 0 bridgehead atoms. The zero-order valence-electron chi connectivity index (χ0n) is 7.40. The molecule has 3 rings (SSSR count). The quantitative estimate of drug-likeness (QED) is 0.515. The Labute approximate surface area is 81.7 Å². The Morgan fingerprint density at radius 2 is 2.36 bits per heavy atom. The van der Waals surface area contributed by atoms with E-state index in [0.717, 1.165) is 0 Å². The second-order valence-electron chi connectivity index (χ2n) is 3.91. The number of hydrogen-bond donors (Lipinski definition) is 2. The average Bonchev–Trinajstić information content (AvgIpc) is 2.39. The molecule has 3 aliphatic rings. The minimum absolute atomic E-state index is 0.0338. The molecular weight excluding hydrogens is 187 g/mol. The lowest BCUT2D eigenvalue weighted by Gasteiger charge is -2.55. The highest BCUT2D eigenvalue weighted by atomic mass is 16.8. The number of hydrogen-bond acceptors (Lipinski definition) is 5. The van der Waals surface area contributed by atoms with Crippen LogP contribution in [-0.4, -0.2) is 42.8 Å². The van der Waals surface area contributed by atoms with Gasteiger partial charge in [-0.05, 0) is 0 Å². The van der Waals surface area contributed by atoms with Crippen LogP contribution in [-0.2, 0) is 14.2 Å². The fourth-order valence-corrected chi connectivity index (χ4v) is 2.53. The molecular formula is C8H9BO5. The van der Waals surface area contributed by atoms with Gasteiger partial charge < -0.3 is 24.4 Å². The van der Waals surface area contributed by atoms with Crippen molar-refractivity contribution in [1.29, 1.82) is 0 Å². The highest BCUT2D eigenvalue weighted by Gasteiger charge is 2.73. The van der Waals surface area contributed by atoms with E-state index in [-0.39, 0.29) is 25.5 Å². The predicted octanol–water partition coefficient (Wildman–Crippen LogP) is -1.20. The molecule has 1 saturated carbocycles. The fraction of sp³-hybridized carbons (Fsp3) is 0.750. The van der Waals surface area contributed by atoms with E-state index in [9.17, 15) is 10.2 Å². The van der Waals surface area contributed by atoms with Crippen molar-refractivity contribution >= 4 is 7.85 Å². The van der Waals surface area contributed by atoms with Crippen LogP contribution in [0.1, 0.15) is 6.42 Å². The summed E-state index contributed by atoms with van der Waals surface area (Å²) in [6, 6.07) is 0. The first-order chi connectivity index (χ1) is 6.61. The second-order valence-corrected chi connectivity index (χ2v) is 3.91. The molecule has 0 spiro atoms. The highest BCUT2D eigenvalue weighted by molar-refractivity contribution is 6.20. The average molecular weight is 196 g/mol. The third kappa shape index (κ3) is 0.736. The fourth-order valence-electron chi connectivity index (χ4n) is 2.53. The molecule has 0 aromatic heterocycles. The van der Waals surface area contributed by atoms with E-state index < -0.39 is 17.3 Å². The Hall–Kier alpha value is -0.715. The lowest BCUT2D eigenvalue weighted by atomic mass is 9.64. The zero-order valence-corrected chi connectivity index (χ0v) is 7.40. The zero-order chi connectivity index (χ0) is 9.97. The monoisotopic (exact) mass is 196 g/mol. The molecule has 2 radical (unpaired) electrons. The van der Waals surface area contributed by atoms with Crippen LogP contribution in [0.15, 0.2) is 11.4 Å². The van der Waals surface area contributed by atoms with E-state index in [0.29, 0.717) is 5.76 Å². The van der Waals surface area contributed by atoms with E-state index in [1.54, 1.807) is 0 Å². The minimum Gasteiger partial charge on any atom is -0.496 e. The van der Waals surface area contributed by atoms with Crippen LogP contribution in [0.3, 0.4) is 0 Å². The summed E-state index contributed by atoms with van der Waals surface area (Å²) in [4.78, 5) is 0. The molecule has 1 saturated heterocycles. The summed E-state index contributed by atoms with van der Waals surface area (Å²) in [6.45, 7) is -0.245. The predicted molar refractivity (Wildman–Crippen MR) is 43.8 cm³/mol. The molecule has 1 aliphatic carbocycles. The molecule has 2 N–H and O–H groups in total. The topological polar surface area (TPSA) is 68.2 Å². The van der Waals surface area contributed by atoms with Crippen molar-refractivity contribution in [3.8, 4) is 0 Å². The Morgan fingerprint density at radius 1 is 1.57 bits per heavy atom. The number of aliphatic hydroxyl groups excluding tert-OH is 1. The smallest absolute Gasteiger partial charge is 0.191 e. The lowest BCUT2D eigenvalue weighted by molar-refractivity contribution is -0.384. The van der Waals surface area contributed by atoms with Gasteiger partial charge in [0.05, 0.1) is 12.3 Å². The van der Waals surface area contributed by atoms with Gasteiger partial charge in [-0.1, -0.05) is 0 Å². The van der Waals surface area contributed by atoms with Crippen LogP contribution < -0.4 is 0 Å². The third-order valence-electron chi connectivity index (χ3n) is 3.14. The molecule has 6 heteroatoms. The van der Waals surface area contributed by atoms with Crippen LogP contribution in [0.4, 0.5) is 0 Å². The molecule has 2 fully saturated rings. The largest absolute Gasteiger partial charge is 0.496 e. The van der Waals surface area contributed by atoms with Crippen molar-refractivity contribution in [1.82, 2.24) is 0 Å². The van der Waals surface area contributed by atoms with Gasteiger partial charge in [-0.2, -0.15) is 0 Å². The first kappa shape index (κ1) is 8.58. The van der Waals surface area contributed by atoms with Gasteiger partial charge in [0, 0.05) is 6.42 Å². The summed E-state index contributed by atoms with van der Waals surface area (Å²) >= 11 is 0. The Kier molecular flexibility index (Phi) is 1.39. The van der Waals surface area contributed by atoms with Gasteiger partial charge in [-0.15, -0.1) is 0 Å². The summed E-state index contributed by atoms with van der Waals surface area (Å²) in [6.07, 6.45) is 0.217.